The molecule has 0 aliphatic heterocycles. The summed E-state index contributed by atoms with van der Waals surface area (Å²) in [5.41, 5.74) is 0. The third kappa shape index (κ3) is 8.43. The summed E-state index contributed by atoms with van der Waals surface area (Å²) in [6.45, 7) is -3.51. The van der Waals surface area contributed by atoms with Crippen molar-refractivity contribution in [1.82, 2.24) is 0 Å². The minimum Gasteiger partial charge on any atom is -0.395 e. The molecule has 142 valence electrons. The van der Waals surface area contributed by atoms with Gasteiger partial charge < -0.3 is 23.4 Å². The predicted octanol–water partition coefficient (Wildman–Crippen LogP) is 4.28. The number of rotatable bonds is 11. The average Bonchev–Trinajstić information content (AvgIpc) is 2.59. The molecule has 2 aromatic rings. The van der Waals surface area contributed by atoms with Crippen LogP contribution < -0.4 is 9.05 Å². The fraction of sp³-hybridized carbons (Fsp3) is 0.250. The number of hydrogen-bond acceptors (Lipinski definition) is 6. The molecule has 0 aliphatic carbocycles. The molecule has 0 amide bonds. The molecule has 0 saturated carbocycles. The molecule has 0 bridgehead atoms. The van der Waals surface area contributed by atoms with Gasteiger partial charge in [0.15, 0.2) is 0 Å². The van der Waals surface area contributed by atoms with E-state index in [0.29, 0.717) is 24.3 Å². The van der Waals surface area contributed by atoms with E-state index >= 15 is 0 Å². The second-order valence-electron chi connectivity index (χ2n) is 5.12. The van der Waals surface area contributed by atoms with Crippen LogP contribution in [0.4, 0.5) is 0 Å². The summed E-state index contributed by atoms with van der Waals surface area (Å²) in [6, 6.07) is 17.2. The Labute approximate surface area is 157 Å². The first-order valence-corrected chi connectivity index (χ1v) is 11.9. The number of unbranched alkanes of at least 4 members (excludes halogenated alkanes) is 1. The van der Waals surface area contributed by atoms with Crippen LogP contribution >= 0.6 is 14.5 Å². The van der Waals surface area contributed by atoms with Gasteiger partial charge in [-0.25, -0.2) is 4.57 Å². The van der Waals surface area contributed by atoms with Gasteiger partial charge in [-0.15, -0.1) is 0 Å². The molecule has 0 fully saturated rings. The van der Waals surface area contributed by atoms with Crippen molar-refractivity contribution in [3.8, 4) is 11.5 Å². The molecule has 0 aliphatic rings. The average molecular weight is 418 g/mol. The van der Waals surface area contributed by atoms with Gasteiger partial charge >= 0.3 is 14.5 Å². The van der Waals surface area contributed by atoms with Crippen LogP contribution in [0.25, 0.3) is 0 Å². The van der Waals surface area contributed by atoms with Crippen LogP contribution in [-0.4, -0.2) is 23.0 Å². The van der Waals surface area contributed by atoms with E-state index < -0.39 is 14.5 Å². The van der Waals surface area contributed by atoms with E-state index in [1.807, 2.05) is 0 Å². The highest BCUT2D eigenvalue weighted by atomic mass is 32.5. The Morgan fingerprint density at radius 1 is 0.769 bits per heavy atom. The lowest BCUT2D eigenvalue weighted by Gasteiger charge is -2.19. The van der Waals surface area contributed by atoms with Gasteiger partial charge in [0, 0.05) is 0 Å². The van der Waals surface area contributed by atoms with Gasteiger partial charge in [0.05, 0.1) is 13.2 Å². The second kappa shape index (κ2) is 10.2. The minimum atomic E-state index is -3.90. The van der Waals surface area contributed by atoms with Crippen molar-refractivity contribution in [1.29, 1.82) is 0 Å². The second-order valence-corrected chi connectivity index (χ2v) is 9.30. The largest absolute Gasteiger partial charge is 0.587 e. The van der Waals surface area contributed by atoms with Crippen molar-refractivity contribution in [3.63, 3.8) is 0 Å². The fourth-order valence-electron chi connectivity index (χ4n) is 1.86. The predicted molar refractivity (Wildman–Crippen MR) is 102 cm³/mol. The molecule has 26 heavy (non-hydrogen) atoms. The van der Waals surface area contributed by atoms with Crippen molar-refractivity contribution < 1.29 is 32.4 Å². The zero-order valence-electron chi connectivity index (χ0n) is 13.8. The summed E-state index contributed by atoms with van der Waals surface area (Å²) in [7, 11) is -3.90. The molecule has 7 nitrogen and oxygen atoms in total. The molecule has 0 spiro atoms. The van der Waals surface area contributed by atoms with E-state index in [0.717, 1.165) is 0 Å². The molecule has 10 heteroatoms. The molecule has 0 atom stereocenters. The fourth-order valence-corrected chi connectivity index (χ4v) is 3.70. The first-order chi connectivity index (χ1) is 12.4. The number of benzene rings is 2. The van der Waals surface area contributed by atoms with E-state index in [1.54, 1.807) is 60.7 Å². The standard InChI is InChI=1S/C16H20O7P2S/c17-24(18,26)20-13-7-8-14-21-25(19,22-15-9-3-1-4-10-15)23-16-11-5-2-6-12-16/h1-6,9-12H,7-8,13-14H2,(H2,17,18,26). The highest BCUT2D eigenvalue weighted by molar-refractivity contribution is 8.06. The number of phosphoric ester groups is 1. The third-order valence-electron chi connectivity index (χ3n) is 2.97. The smallest absolute Gasteiger partial charge is 0.395 e. The Bertz CT molecular complexity index is 706. The molecule has 0 heterocycles. The topological polar surface area (TPSA) is 94.5 Å². The van der Waals surface area contributed by atoms with Crippen LogP contribution in [0, 0.1) is 0 Å². The van der Waals surface area contributed by atoms with Crippen LogP contribution in [-0.2, 0) is 25.4 Å². The first-order valence-electron chi connectivity index (χ1n) is 7.80. The lowest BCUT2D eigenvalue weighted by atomic mass is 10.3. The monoisotopic (exact) mass is 418 g/mol. The van der Waals surface area contributed by atoms with Gasteiger partial charge in [-0.1, -0.05) is 36.4 Å². The van der Waals surface area contributed by atoms with Crippen LogP contribution in [0.5, 0.6) is 11.5 Å². The van der Waals surface area contributed by atoms with Gasteiger partial charge in [0.1, 0.15) is 11.5 Å². The number of para-hydroxylation sites is 2. The maximum Gasteiger partial charge on any atom is 0.587 e. The molecule has 0 radical (unpaired) electrons. The molecule has 0 unspecified atom stereocenters. The van der Waals surface area contributed by atoms with Gasteiger partial charge in [-0.2, -0.15) is 0 Å². The minimum absolute atomic E-state index is 0.0665. The van der Waals surface area contributed by atoms with E-state index in [-0.39, 0.29) is 13.2 Å². The maximum atomic E-state index is 13.0. The third-order valence-corrected chi connectivity index (χ3v) is 5.17. The molecule has 2 aromatic carbocycles. The van der Waals surface area contributed by atoms with Crippen LogP contribution in [0.3, 0.4) is 0 Å². The zero-order chi connectivity index (χ0) is 18.9. The Morgan fingerprint density at radius 2 is 1.19 bits per heavy atom. The van der Waals surface area contributed by atoms with Gasteiger partial charge in [-0.05, 0) is 48.9 Å². The molecule has 0 saturated heterocycles. The Hall–Kier alpha value is -1.24. The van der Waals surface area contributed by atoms with E-state index in [1.165, 1.54) is 0 Å². The summed E-state index contributed by atoms with van der Waals surface area (Å²) < 4.78 is 34.0. The summed E-state index contributed by atoms with van der Waals surface area (Å²) in [5, 5.41) is 0. The van der Waals surface area contributed by atoms with Crippen molar-refractivity contribution in [2.45, 2.75) is 12.8 Å². The molecule has 0 aromatic heterocycles. The number of hydrogen-bond donors (Lipinski definition) is 2. The lowest BCUT2D eigenvalue weighted by Crippen LogP contribution is -2.06. The quantitative estimate of drug-likeness (QED) is 0.413. The summed E-state index contributed by atoms with van der Waals surface area (Å²) >= 11 is 4.35. The van der Waals surface area contributed by atoms with E-state index in [9.17, 15) is 4.57 Å². The molecule has 2 rings (SSSR count). The lowest BCUT2D eigenvalue weighted by molar-refractivity contribution is 0.194. The summed E-state index contributed by atoms with van der Waals surface area (Å²) in [6.07, 6.45) is 0.881. The van der Waals surface area contributed by atoms with Crippen molar-refractivity contribution >= 4 is 26.3 Å². The molecular weight excluding hydrogens is 398 g/mol. The Balaban J connectivity index is 1.92. The van der Waals surface area contributed by atoms with E-state index in [2.05, 4.69) is 11.8 Å². The van der Waals surface area contributed by atoms with Crippen LogP contribution in [0.15, 0.2) is 60.7 Å². The van der Waals surface area contributed by atoms with Crippen molar-refractivity contribution in [2.24, 2.45) is 0 Å². The van der Waals surface area contributed by atoms with Crippen LogP contribution in [0.1, 0.15) is 12.8 Å². The summed E-state index contributed by atoms with van der Waals surface area (Å²) in [5.74, 6) is 0.715. The normalized spacial score (nSPS) is 11.9. The van der Waals surface area contributed by atoms with Gasteiger partial charge in [-0.3, -0.25) is 4.52 Å². The Kier molecular flexibility index (Phi) is 8.25. The number of phosphoric acid groups is 1. The maximum absolute atomic E-state index is 13.0. The first kappa shape index (κ1) is 21.1. The van der Waals surface area contributed by atoms with Crippen molar-refractivity contribution in [3.05, 3.63) is 60.7 Å². The molecule has 2 N–H and O–H groups in total. The van der Waals surface area contributed by atoms with Gasteiger partial charge in [0.2, 0.25) is 0 Å². The SMILES string of the molecule is O=P(OCCCCOP(O)(O)=S)(Oc1ccccc1)Oc1ccccc1. The summed E-state index contributed by atoms with van der Waals surface area (Å²) in [4.78, 5) is 18.0. The Morgan fingerprint density at radius 3 is 1.62 bits per heavy atom. The van der Waals surface area contributed by atoms with Crippen molar-refractivity contribution in [2.75, 3.05) is 13.2 Å². The molecular formula is C16H20O7P2S. The van der Waals surface area contributed by atoms with Gasteiger partial charge in [0.25, 0.3) is 0 Å². The highest BCUT2D eigenvalue weighted by Gasteiger charge is 2.30. The van der Waals surface area contributed by atoms with E-state index in [4.69, 9.17) is 27.9 Å². The zero-order valence-corrected chi connectivity index (χ0v) is 16.4. The highest BCUT2D eigenvalue weighted by Crippen LogP contribution is 2.49. The van der Waals surface area contributed by atoms with Crippen LogP contribution in [0.2, 0.25) is 0 Å².